The molecule has 122 valence electrons. The minimum Gasteiger partial charge on any atom is -0.316 e. The first-order valence-corrected chi connectivity index (χ1v) is 7.97. The molecule has 5 heteroatoms. The van der Waals surface area contributed by atoms with Crippen LogP contribution in [-0.4, -0.2) is 13.1 Å². The molecule has 0 aliphatic carbocycles. The van der Waals surface area contributed by atoms with Crippen molar-refractivity contribution in [3.63, 3.8) is 0 Å². The third kappa shape index (κ3) is 3.54. The van der Waals surface area contributed by atoms with Crippen molar-refractivity contribution in [2.45, 2.75) is 24.4 Å². The summed E-state index contributed by atoms with van der Waals surface area (Å²) in [6.07, 6.45) is -3.73. The van der Waals surface area contributed by atoms with Gasteiger partial charge in [0, 0.05) is 17.5 Å². The molecule has 0 amide bonds. The molecule has 1 nitrogen and oxygen atoms in total. The molecule has 0 aromatic heterocycles. The van der Waals surface area contributed by atoms with E-state index in [0.29, 0.717) is 25.1 Å². The van der Waals surface area contributed by atoms with Crippen LogP contribution in [0.15, 0.2) is 48.5 Å². The van der Waals surface area contributed by atoms with Crippen molar-refractivity contribution in [2.24, 2.45) is 0 Å². The lowest BCUT2D eigenvalue weighted by atomic mass is 9.76. The molecule has 0 spiro atoms. The van der Waals surface area contributed by atoms with E-state index in [9.17, 15) is 13.2 Å². The number of piperidine rings is 1. The van der Waals surface area contributed by atoms with Crippen molar-refractivity contribution in [2.75, 3.05) is 13.1 Å². The highest BCUT2D eigenvalue weighted by Crippen LogP contribution is 2.43. The van der Waals surface area contributed by atoms with Gasteiger partial charge >= 0.3 is 6.18 Å². The predicted molar refractivity (Wildman–Crippen MR) is 85.9 cm³/mol. The maximum absolute atomic E-state index is 13.4. The highest BCUT2D eigenvalue weighted by atomic mass is 35.5. The summed E-state index contributed by atoms with van der Waals surface area (Å²) >= 11 is 5.80. The maximum Gasteiger partial charge on any atom is 0.416 e. The van der Waals surface area contributed by atoms with Crippen molar-refractivity contribution in [1.29, 1.82) is 0 Å². The molecule has 3 rings (SSSR count). The Labute approximate surface area is 138 Å². The van der Waals surface area contributed by atoms with Gasteiger partial charge in [-0.25, -0.2) is 0 Å². The fraction of sp³-hybridized carbons (Fsp3) is 0.333. The van der Waals surface area contributed by atoms with E-state index in [0.717, 1.165) is 11.6 Å². The summed E-state index contributed by atoms with van der Waals surface area (Å²) in [5, 5.41) is 3.41. The Kier molecular flexibility index (Phi) is 4.64. The van der Waals surface area contributed by atoms with Crippen LogP contribution in [-0.2, 0) is 6.18 Å². The van der Waals surface area contributed by atoms with E-state index in [1.54, 1.807) is 6.07 Å². The van der Waals surface area contributed by atoms with E-state index in [2.05, 4.69) is 5.32 Å². The third-order valence-electron chi connectivity index (χ3n) is 4.43. The summed E-state index contributed by atoms with van der Waals surface area (Å²) < 4.78 is 40.3. The van der Waals surface area contributed by atoms with Gasteiger partial charge in [-0.1, -0.05) is 48.0 Å². The summed E-state index contributed by atoms with van der Waals surface area (Å²) in [6.45, 7) is 1.39. The molecule has 0 unspecified atom stereocenters. The van der Waals surface area contributed by atoms with E-state index in [4.69, 9.17) is 11.6 Å². The van der Waals surface area contributed by atoms with Crippen LogP contribution in [0.5, 0.6) is 0 Å². The molecule has 0 bridgehead atoms. The molecule has 23 heavy (non-hydrogen) atoms. The number of benzene rings is 2. The zero-order valence-corrected chi connectivity index (χ0v) is 13.2. The van der Waals surface area contributed by atoms with Crippen LogP contribution < -0.4 is 5.32 Å². The smallest absolute Gasteiger partial charge is 0.316 e. The second-order valence-electron chi connectivity index (χ2n) is 5.85. The minimum absolute atomic E-state index is 0.0206. The van der Waals surface area contributed by atoms with Crippen molar-refractivity contribution >= 4 is 11.6 Å². The second kappa shape index (κ2) is 6.54. The first-order chi connectivity index (χ1) is 11.0. The quantitative estimate of drug-likeness (QED) is 0.791. The number of hydrogen-bond acceptors (Lipinski definition) is 1. The number of halogens is 4. The molecule has 0 radical (unpaired) electrons. The molecule has 1 fully saturated rings. The summed E-state index contributed by atoms with van der Waals surface area (Å²) in [6, 6.07) is 13.9. The zero-order valence-electron chi connectivity index (χ0n) is 12.4. The predicted octanol–water partition coefficient (Wildman–Crippen LogP) is 5.22. The molecule has 1 aliphatic rings. The van der Waals surface area contributed by atoms with E-state index in [1.807, 2.05) is 30.3 Å². The van der Waals surface area contributed by atoms with Crippen LogP contribution in [0.25, 0.3) is 0 Å². The van der Waals surface area contributed by atoms with Crippen LogP contribution in [0.2, 0.25) is 5.02 Å². The van der Waals surface area contributed by atoms with Gasteiger partial charge in [-0.3, -0.25) is 0 Å². The highest BCUT2D eigenvalue weighted by Gasteiger charge is 2.38. The molecule has 1 aliphatic heterocycles. The van der Waals surface area contributed by atoms with Gasteiger partial charge in [0.2, 0.25) is 0 Å². The standard InChI is InChI=1S/C18H17ClF3N/c19-13-6-7-15(17(10-13)18(20,21)22)14-8-9-23-11-16(14)12-4-2-1-3-5-12/h1-7,10,14,16,23H,8-9,11H2/t14-,16-/m0/s1. The Balaban J connectivity index is 2.05. The number of alkyl halides is 3. The van der Waals surface area contributed by atoms with E-state index in [1.165, 1.54) is 6.07 Å². The third-order valence-corrected chi connectivity index (χ3v) is 4.67. The fourth-order valence-electron chi connectivity index (χ4n) is 3.38. The lowest BCUT2D eigenvalue weighted by molar-refractivity contribution is -0.138. The van der Waals surface area contributed by atoms with Crippen LogP contribution >= 0.6 is 11.6 Å². The summed E-state index contributed by atoms with van der Waals surface area (Å²) in [7, 11) is 0. The van der Waals surface area contributed by atoms with Crippen LogP contribution in [0.1, 0.15) is 34.9 Å². The average molecular weight is 340 g/mol. The Morgan fingerprint density at radius 1 is 1.00 bits per heavy atom. The van der Waals surface area contributed by atoms with Crippen molar-refractivity contribution in [1.82, 2.24) is 5.32 Å². The summed E-state index contributed by atoms with van der Waals surface area (Å²) in [5.74, 6) is -0.153. The van der Waals surface area contributed by atoms with Crippen LogP contribution in [0, 0.1) is 0 Å². The Hall–Kier alpha value is -1.52. The van der Waals surface area contributed by atoms with E-state index in [-0.39, 0.29) is 16.9 Å². The fourth-order valence-corrected chi connectivity index (χ4v) is 3.55. The van der Waals surface area contributed by atoms with Gasteiger partial charge in [-0.2, -0.15) is 13.2 Å². The van der Waals surface area contributed by atoms with Crippen molar-refractivity contribution in [3.05, 3.63) is 70.2 Å². The summed E-state index contributed by atoms with van der Waals surface area (Å²) in [5.41, 5.74) is 0.794. The zero-order chi connectivity index (χ0) is 16.4. The van der Waals surface area contributed by atoms with E-state index >= 15 is 0 Å². The largest absolute Gasteiger partial charge is 0.416 e. The molecule has 2 atom stereocenters. The number of rotatable bonds is 2. The Morgan fingerprint density at radius 3 is 2.43 bits per heavy atom. The maximum atomic E-state index is 13.4. The molecule has 1 saturated heterocycles. The van der Waals surface area contributed by atoms with Crippen LogP contribution in [0.3, 0.4) is 0 Å². The molecular weight excluding hydrogens is 323 g/mol. The van der Waals surface area contributed by atoms with E-state index < -0.39 is 11.7 Å². The summed E-state index contributed by atoms with van der Waals surface area (Å²) in [4.78, 5) is 0. The highest BCUT2D eigenvalue weighted by molar-refractivity contribution is 6.30. The molecule has 0 saturated carbocycles. The lowest BCUT2D eigenvalue weighted by Gasteiger charge is -2.34. The second-order valence-corrected chi connectivity index (χ2v) is 6.28. The first-order valence-electron chi connectivity index (χ1n) is 7.59. The molecule has 2 aromatic rings. The van der Waals surface area contributed by atoms with Gasteiger partial charge in [-0.05, 0) is 42.1 Å². The van der Waals surface area contributed by atoms with Crippen molar-refractivity contribution < 1.29 is 13.2 Å². The monoisotopic (exact) mass is 339 g/mol. The molecule has 2 aromatic carbocycles. The first kappa shape index (κ1) is 16.3. The van der Waals surface area contributed by atoms with Gasteiger partial charge in [0.25, 0.3) is 0 Å². The average Bonchev–Trinajstić information content (AvgIpc) is 2.55. The van der Waals surface area contributed by atoms with Gasteiger partial charge < -0.3 is 5.32 Å². The lowest BCUT2D eigenvalue weighted by Crippen LogP contribution is -2.34. The Morgan fingerprint density at radius 2 is 1.74 bits per heavy atom. The molecule has 1 heterocycles. The van der Waals surface area contributed by atoms with Gasteiger partial charge in [0.1, 0.15) is 0 Å². The van der Waals surface area contributed by atoms with Gasteiger partial charge in [-0.15, -0.1) is 0 Å². The number of hydrogen-bond donors (Lipinski definition) is 1. The molecule has 1 N–H and O–H groups in total. The Bertz CT molecular complexity index is 670. The van der Waals surface area contributed by atoms with Gasteiger partial charge in [0.15, 0.2) is 0 Å². The number of nitrogens with one attached hydrogen (secondary N) is 1. The normalized spacial score (nSPS) is 22.1. The van der Waals surface area contributed by atoms with Crippen LogP contribution in [0.4, 0.5) is 13.2 Å². The topological polar surface area (TPSA) is 12.0 Å². The van der Waals surface area contributed by atoms with Crippen molar-refractivity contribution in [3.8, 4) is 0 Å². The SMILES string of the molecule is FC(F)(F)c1cc(Cl)ccc1[C@@H]1CCNC[C@H]1c1ccccc1. The van der Waals surface area contributed by atoms with Gasteiger partial charge in [0.05, 0.1) is 5.56 Å². The minimum atomic E-state index is -4.40. The molecular formula is C18H17ClF3N.